The Labute approximate surface area is 194 Å². The average Bonchev–Trinajstić information content (AvgIpc) is 2.79. The molecule has 0 aliphatic rings. The van der Waals surface area contributed by atoms with Crippen LogP contribution in [0.4, 0.5) is 0 Å². The standard InChI is InChI=1S/C25H45N3O4/c1-6-19(4)27-17-23(29)22(26)15-20(18(2)3)16-28-25(30)21-11-7-8-12-24(21)32-14-10-9-13-31-5/h7-8,11-12,18-20,22-23,27,29H,6,9-10,13-17,26H2,1-5H3,(H,28,30)/t19?,20-,22+,23+/m1/s1. The van der Waals surface area contributed by atoms with E-state index in [9.17, 15) is 9.90 Å². The summed E-state index contributed by atoms with van der Waals surface area (Å²) in [6.07, 6.45) is 2.80. The number of nitrogens with one attached hydrogen (secondary N) is 2. The number of methoxy groups -OCH3 is 1. The normalized spacial score (nSPS) is 15.2. The summed E-state index contributed by atoms with van der Waals surface area (Å²) < 4.78 is 10.9. The Morgan fingerprint density at radius 1 is 1.12 bits per heavy atom. The lowest BCUT2D eigenvalue weighted by Crippen LogP contribution is -2.46. The van der Waals surface area contributed by atoms with Gasteiger partial charge < -0.3 is 30.9 Å². The molecular formula is C25H45N3O4. The van der Waals surface area contributed by atoms with E-state index >= 15 is 0 Å². The van der Waals surface area contributed by atoms with Crippen LogP contribution in [0.3, 0.4) is 0 Å². The van der Waals surface area contributed by atoms with Crippen LogP contribution in [-0.4, -0.2) is 62.6 Å². The number of amides is 1. The number of aliphatic hydroxyl groups is 1. The molecule has 0 bridgehead atoms. The van der Waals surface area contributed by atoms with Gasteiger partial charge in [0.2, 0.25) is 0 Å². The number of aliphatic hydroxyl groups excluding tert-OH is 1. The van der Waals surface area contributed by atoms with Crippen LogP contribution in [0.25, 0.3) is 0 Å². The predicted octanol–water partition coefficient (Wildman–Crippen LogP) is 2.96. The highest BCUT2D eigenvalue weighted by Gasteiger charge is 2.23. The summed E-state index contributed by atoms with van der Waals surface area (Å²) in [5.41, 5.74) is 6.81. The molecule has 1 aromatic rings. The summed E-state index contributed by atoms with van der Waals surface area (Å²) in [4.78, 5) is 12.9. The smallest absolute Gasteiger partial charge is 0.255 e. The molecule has 32 heavy (non-hydrogen) atoms. The molecule has 1 aromatic carbocycles. The molecule has 1 rings (SSSR count). The summed E-state index contributed by atoms with van der Waals surface area (Å²) >= 11 is 0. The van der Waals surface area contributed by atoms with Gasteiger partial charge in [0.05, 0.1) is 18.3 Å². The first-order valence-electron chi connectivity index (χ1n) is 12.0. The zero-order chi connectivity index (χ0) is 23.9. The van der Waals surface area contributed by atoms with Gasteiger partial charge in [-0.1, -0.05) is 32.9 Å². The highest BCUT2D eigenvalue weighted by molar-refractivity contribution is 5.96. The quantitative estimate of drug-likeness (QED) is 0.271. The van der Waals surface area contributed by atoms with Gasteiger partial charge in [-0.15, -0.1) is 0 Å². The zero-order valence-corrected chi connectivity index (χ0v) is 20.6. The van der Waals surface area contributed by atoms with Crippen LogP contribution in [0.2, 0.25) is 0 Å². The van der Waals surface area contributed by atoms with Crippen LogP contribution < -0.4 is 21.1 Å². The summed E-state index contributed by atoms with van der Waals surface area (Å²) in [5, 5.41) is 16.8. The maximum Gasteiger partial charge on any atom is 0.255 e. The molecule has 0 spiro atoms. The topological polar surface area (TPSA) is 106 Å². The number of carbonyl (C=O) groups excluding carboxylic acids is 1. The fourth-order valence-electron chi connectivity index (χ4n) is 3.35. The Hall–Kier alpha value is -1.67. The van der Waals surface area contributed by atoms with Crippen molar-refractivity contribution in [3.05, 3.63) is 29.8 Å². The minimum atomic E-state index is -0.617. The second-order valence-corrected chi connectivity index (χ2v) is 8.94. The molecule has 0 aromatic heterocycles. The molecule has 1 unspecified atom stereocenters. The predicted molar refractivity (Wildman–Crippen MR) is 130 cm³/mol. The third-order valence-electron chi connectivity index (χ3n) is 5.96. The van der Waals surface area contributed by atoms with Gasteiger partial charge in [0.25, 0.3) is 5.91 Å². The fraction of sp³-hybridized carbons (Fsp3) is 0.720. The Morgan fingerprint density at radius 3 is 2.47 bits per heavy atom. The van der Waals surface area contributed by atoms with Crippen LogP contribution in [0.5, 0.6) is 5.75 Å². The fourth-order valence-corrected chi connectivity index (χ4v) is 3.35. The minimum absolute atomic E-state index is 0.157. The Morgan fingerprint density at radius 2 is 1.81 bits per heavy atom. The third kappa shape index (κ3) is 10.8. The van der Waals surface area contributed by atoms with Gasteiger partial charge in [-0.25, -0.2) is 0 Å². The minimum Gasteiger partial charge on any atom is -0.493 e. The number of hydrogen-bond donors (Lipinski definition) is 4. The molecule has 7 nitrogen and oxygen atoms in total. The molecule has 0 heterocycles. The highest BCUT2D eigenvalue weighted by Crippen LogP contribution is 2.20. The maximum atomic E-state index is 12.9. The Kier molecular flexibility index (Phi) is 14.2. The van der Waals surface area contributed by atoms with E-state index < -0.39 is 6.10 Å². The number of carbonyl (C=O) groups is 1. The second kappa shape index (κ2) is 16.0. The molecule has 0 aliphatic heterocycles. The molecule has 7 heteroatoms. The van der Waals surface area contributed by atoms with Crippen LogP contribution in [0.15, 0.2) is 24.3 Å². The molecule has 0 aliphatic carbocycles. The van der Waals surface area contributed by atoms with Gasteiger partial charge in [0.15, 0.2) is 0 Å². The molecule has 1 amide bonds. The van der Waals surface area contributed by atoms with E-state index in [1.807, 2.05) is 18.2 Å². The first-order valence-corrected chi connectivity index (χ1v) is 12.0. The largest absolute Gasteiger partial charge is 0.493 e. The zero-order valence-electron chi connectivity index (χ0n) is 20.6. The number of benzene rings is 1. The number of rotatable bonds is 17. The average molecular weight is 452 g/mol. The van der Waals surface area contributed by atoms with E-state index in [1.54, 1.807) is 13.2 Å². The summed E-state index contributed by atoms with van der Waals surface area (Å²) in [6, 6.07) is 7.30. The van der Waals surface area contributed by atoms with E-state index in [0.717, 1.165) is 19.3 Å². The van der Waals surface area contributed by atoms with Gasteiger partial charge in [-0.2, -0.15) is 0 Å². The summed E-state index contributed by atoms with van der Waals surface area (Å²) in [6.45, 7) is 10.6. The lowest BCUT2D eigenvalue weighted by atomic mass is 9.87. The van der Waals surface area contributed by atoms with E-state index in [1.165, 1.54) is 0 Å². The Balaban J connectivity index is 2.60. The third-order valence-corrected chi connectivity index (χ3v) is 5.96. The van der Waals surface area contributed by atoms with Crippen molar-refractivity contribution in [1.29, 1.82) is 0 Å². The molecule has 0 saturated carbocycles. The SMILES string of the molecule is CCC(C)NC[C@H](O)[C@@H](N)C[C@H](CNC(=O)c1ccccc1OCCCCOC)C(C)C. The number of nitrogens with two attached hydrogens (primary N) is 1. The van der Waals surface area contributed by atoms with Gasteiger partial charge in [0, 0.05) is 38.9 Å². The summed E-state index contributed by atoms with van der Waals surface area (Å²) in [7, 11) is 1.68. The molecule has 0 saturated heterocycles. The molecule has 0 fully saturated rings. The molecular weight excluding hydrogens is 406 g/mol. The van der Waals surface area contributed by atoms with Crippen molar-refractivity contribution in [2.45, 2.75) is 71.6 Å². The van der Waals surface area contributed by atoms with Crippen molar-refractivity contribution in [2.24, 2.45) is 17.6 Å². The van der Waals surface area contributed by atoms with Crippen molar-refractivity contribution in [3.8, 4) is 5.75 Å². The van der Waals surface area contributed by atoms with Crippen molar-refractivity contribution in [1.82, 2.24) is 10.6 Å². The van der Waals surface area contributed by atoms with Crippen molar-refractivity contribution >= 4 is 5.91 Å². The molecule has 5 N–H and O–H groups in total. The molecule has 184 valence electrons. The lowest BCUT2D eigenvalue weighted by molar-refractivity contribution is 0.0926. The van der Waals surface area contributed by atoms with Crippen LogP contribution in [0.1, 0.15) is 63.7 Å². The number of ether oxygens (including phenoxy) is 2. The van der Waals surface area contributed by atoms with Crippen LogP contribution in [-0.2, 0) is 4.74 Å². The van der Waals surface area contributed by atoms with Crippen molar-refractivity contribution < 1.29 is 19.4 Å². The number of hydrogen-bond acceptors (Lipinski definition) is 6. The highest BCUT2D eigenvalue weighted by atomic mass is 16.5. The van der Waals surface area contributed by atoms with Gasteiger partial charge in [-0.05, 0) is 56.6 Å². The number of unbranched alkanes of at least 4 members (excludes halogenated alkanes) is 1. The van der Waals surface area contributed by atoms with Crippen LogP contribution >= 0.6 is 0 Å². The Bertz CT molecular complexity index is 641. The summed E-state index contributed by atoms with van der Waals surface area (Å²) in [5.74, 6) is 0.917. The molecule has 0 radical (unpaired) electrons. The van der Waals surface area contributed by atoms with Crippen LogP contribution in [0, 0.1) is 11.8 Å². The lowest BCUT2D eigenvalue weighted by Gasteiger charge is -2.28. The monoisotopic (exact) mass is 451 g/mol. The van der Waals surface area contributed by atoms with Crippen molar-refractivity contribution in [2.75, 3.05) is 33.4 Å². The second-order valence-electron chi connectivity index (χ2n) is 8.94. The van der Waals surface area contributed by atoms with Gasteiger partial charge in [0.1, 0.15) is 5.75 Å². The first kappa shape index (κ1) is 28.4. The van der Waals surface area contributed by atoms with E-state index in [4.69, 9.17) is 15.2 Å². The van der Waals surface area contributed by atoms with E-state index in [0.29, 0.717) is 56.0 Å². The van der Waals surface area contributed by atoms with Crippen molar-refractivity contribution in [3.63, 3.8) is 0 Å². The first-order chi connectivity index (χ1) is 15.3. The maximum absolute atomic E-state index is 12.9. The molecule has 4 atom stereocenters. The van der Waals surface area contributed by atoms with E-state index in [-0.39, 0.29) is 17.9 Å². The number of para-hydroxylation sites is 1. The van der Waals surface area contributed by atoms with E-state index in [2.05, 4.69) is 38.3 Å². The van der Waals surface area contributed by atoms with Gasteiger partial charge in [-0.3, -0.25) is 4.79 Å². The van der Waals surface area contributed by atoms with Gasteiger partial charge >= 0.3 is 0 Å².